The van der Waals surface area contributed by atoms with Crippen LogP contribution in [0.15, 0.2) is 54.0 Å². The second kappa shape index (κ2) is 17.4. The molecule has 13 heteroatoms. The van der Waals surface area contributed by atoms with Crippen molar-refractivity contribution in [3.63, 3.8) is 0 Å². The average Bonchev–Trinajstić information content (AvgIpc) is 3.71. The lowest BCUT2D eigenvalue weighted by atomic mass is 9.65. The number of amides is 3. The number of nitrogens with two attached hydrogens (primary N) is 2. The van der Waals surface area contributed by atoms with Crippen LogP contribution in [-0.4, -0.2) is 64.4 Å². The molecular weight excluding hydrogens is 669 g/mol. The van der Waals surface area contributed by atoms with E-state index in [1.165, 1.54) is 0 Å². The summed E-state index contributed by atoms with van der Waals surface area (Å²) >= 11 is 1.57. The lowest BCUT2D eigenvalue weighted by molar-refractivity contribution is -0.140. The van der Waals surface area contributed by atoms with E-state index in [4.69, 9.17) is 16.2 Å². The van der Waals surface area contributed by atoms with Crippen LogP contribution in [0.25, 0.3) is 10.4 Å². The third-order valence-corrected chi connectivity index (χ3v) is 10.3. The number of ether oxygens (including phenoxy) is 1. The Hall–Kier alpha value is -4.17. The standard InChI is InChI=1S/C38H52N6O6S/c1-6-7-11-32(47)44-38(37(3,4)5,26-9-8-10-28(18-26)50-21-27(39)16-17-31(40)46)35(48)33-30(45)19-29(43-33)36(49)41-20-24-12-14-25(15-13-24)34-23(2)42-22-51-34/h8-10,12-15,18,22,27,29-30,33,43,45H,6-7,11,16-17,19-21,39H2,1-5H3,(H2,40,46)(H,41,49)(H,44,47)/t27-,29?,30?,33?,38?/m0/s1. The first kappa shape index (κ1) is 39.6. The Morgan fingerprint density at radius 1 is 1.12 bits per heavy atom. The fraction of sp³-hybridized carbons (Fsp3) is 0.500. The van der Waals surface area contributed by atoms with Gasteiger partial charge in [0.2, 0.25) is 17.7 Å². The average molecular weight is 721 g/mol. The van der Waals surface area contributed by atoms with Crippen molar-refractivity contribution in [1.29, 1.82) is 0 Å². The predicted octanol–water partition coefficient (Wildman–Crippen LogP) is 3.61. The lowest BCUT2D eigenvalue weighted by Crippen LogP contribution is -2.65. The second-order valence-corrected chi connectivity index (χ2v) is 15.2. The molecule has 2 aromatic carbocycles. The molecule has 276 valence electrons. The van der Waals surface area contributed by atoms with Crippen LogP contribution in [0.3, 0.4) is 0 Å². The van der Waals surface area contributed by atoms with Crippen LogP contribution in [-0.2, 0) is 31.3 Å². The molecular formula is C38H52N6O6S. The van der Waals surface area contributed by atoms with Crippen molar-refractivity contribution < 1.29 is 29.0 Å². The van der Waals surface area contributed by atoms with Crippen molar-refractivity contribution in [1.82, 2.24) is 20.9 Å². The summed E-state index contributed by atoms with van der Waals surface area (Å²) in [5.41, 5.74) is 14.1. The van der Waals surface area contributed by atoms with E-state index in [-0.39, 0.29) is 44.2 Å². The van der Waals surface area contributed by atoms with Gasteiger partial charge in [0.1, 0.15) is 17.9 Å². The van der Waals surface area contributed by atoms with Crippen LogP contribution in [0.4, 0.5) is 0 Å². The third-order valence-electron chi connectivity index (χ3n) is 9.34. The zero-order valence-corrected chi connectivity index (χ0v) is 31.0. The molecule has 0 bridgehead atoms. The summed E-state index contributed by atoms with van der Waals surface area (Å²) in [7, 11) is 0. The molecule has 4 unspecified atom stereocenters. The minimum atomic E-state index is -1.62. The van der Waals surface area contributed by atoms with Gasteiger partial charge in [0.05, 0.1) is 34.3 Å². The van der Waals surface area contributed by atoms with Crippen molar-refractivity contribution in [3.8, 4) is 16.2 Å². The van der Waals surface area contributed by atoms with Crippen LogP contribution in [0.1, 0.15) is 83.0 Å². The molecule has 1 saturated heterocycles. The van der Waals surface area contributed by atoms with Gasteiger partial charge in [0.25, 0.3) is 0 Å². The van der Waals surface area contributed by atoms with Crippen LogP contribution >= 0.6 is 11.3 Å². The number of thiazole rings is 1. The molecule has 12 nitrogen and oxygen atoms in total. The number of aryl methyl sites for hydroxylation is 1. The van der Waals surface area contributed by atoms with Crippen molar-refractivity contribution >= 4 is 34.8 Å². The predicted molar refractivity (Wildman–Crippen MR) is 198 cm³/mol. The molecule has 3 amide bonds. The Balaban J connectivity index is 1.55. The number of unbranched alkanes of at least 4 members (excludes halogenated alkanes) is 1. The Morgan fingerprint density at radius 2 is 1.84 bits per heavy atom. The molecule has 1 fully saturated rings. The van der Waals surface area contributed by atoms with E-state index in [2.05, 4.69) is 20.9 Å². The number of aliphatic hydroxyl groups is 1. The topological polar surface area (TPSA) is 199 Å². The van der Waals surface area contributed by atoms with E-state index in [0.29, 0.717) is 24.2 Å². The van der Waals surface area contributed by atoms with Gasteiger partial charge in [-0.25, -0.2) is 4.98 Å². The monoisotopic (exact) mass is 720 g/mol. The number of carbonyl (C=O) groups is 4. The number of nitrogens with one attached hydrogen (secondary N) is 3. The molecule has 4 rings (SSSR count). The van der Waals surface area contributed by atoms with Crippen LogP contribution in [0.2, 0.25) is 0 Å². The van der Waals surface area contributed by atoms with Crippen molar-refractivity contribution in [2.45, 2.75) is 109 Å². The quantitative estimate of drug-likeness (QED) is 0.121. The number of aliphatic hydroxyl groups excluding tert-OH is 1. The molecule has 1 aromatic heterocycles. The zero-order chi connectivity index (χ0) is 37.3. The van der Waals surface area contributed by atoms with Crippen molar-refractivity contribution in [2.75, 3.05) is 6.61 Å². The van der Waals surface area contributed by atoms with E-state index in [0.717, 1.165) is 28.1 Å². The first-order valence-corrected chi connectivity index (χ1v) is 18.4. The first-order valence-electron chi connectivity index (χ1n) is 17.5. The molecule has 5 atom stereocenters. The van der Waals surface area contributed by atoms with Crippen LogP contribution in [0, 0.1) is 12.3 Å². The zero-order valence-electron chi connectivity index (χ0n) is 30.2. The number of primary amides is 1. The minimum absolute atomic E-state index is 0.0161. The van der Waals surface area contributed by atoms with E-state index < -0.39 is 46.9 Å². The number of Topliss-reactive ketones (excluding diaryl/α,β-unsaturated/α-hetero) is 1. The van der Waals surface area contributed by atoms with E-state index >= 15 is 0 Å². The third kappa shape index (κ3) is 9.79. The van der Waals surface area contributed by atoms with Gasteiger partial charge in [-0.2, -0.15) is 0 Å². The highest BCUT2D eigenvalue weighted by molar-refractivity contribution is 7.13. The Bertz CT molecular complexity index is 1670. The maximum Gasteiger partial charge on any atom is 0.237 e. The summed E-state index contributed by atoms with van der Waals surface area (Å²) in [5.74, 6) is -1.15. The van der Waals surface area contributed by atoms with Gasteiger partial charge >= 0.3 is 0 Å². The van der Waals surface area contributed by atoms with Gasteiger partial charge in [-0.1, -0.05) is 70.5 Å². The Labute approximate surface area is 304 Å². The summed E-state index contributed by atoms with van der Waals surface area (Å²) < 4.78 is 5.97. The minimum Gasteiger partial charge on any atom is -0.492 e. The largest absolute Gasteiger partial charge is 0.492 e. The van der Waals surface area contributed by atoms with Crippen LogP contribution < -0.4 is 32.2 Å². The number of ketones is 1. The maximum atomic E-state index is 14.9. The second-order valence-electron chi connectivity index (χ2n) is 14.3. The maximum absolute atomic E-state index is 14.9. The fourth-order valence-corrected chi connectivity index (χ4v) is 7.23. The van der Waals surface area contributed by atoms with Gasteiger partial charge < -0.3 is 31.9 Å². The molecule has 1 aliphatic heterocycles. The number of hydrogen-bond acceptors (Lipinski definition) is 10. The van der Waals surface area contributed by atoms with E-state index in [1.807, 2.05) is 64.4 Å². The first-order chi connectivity index (χ1) is 24.2. The molecule has 0 spiro atoms. The number of nitrogens with zero attached hydrogens (tertiary/aromatic N) is 1. The molecule has 0 radical (unpaired) electrons. The molecule has 0 saturated carbocycles. The number of aromatic nitrogens is 1. The van der Waals surface area contributed by atoms with Gasteiger partial charge in [-0.05, 0) is 60.4 Å². The van der Waals surface area contributed by atoms with E-state index in [1.54, 1.807) is 35.6 Å². The van der Waals surface area contributed by atoms with Gasteiger partial charge in [0.15, 0.2) is 5.78 Å². The summed E-state index contributed by atoms with van der Waals surface area (Å²) in [6.07, 6.45) is 0.947. The number of carbonyl (C=O) groups excluding carboxylic acids is 4. The fourth-order valence-electron chi connectivity index (χ4n) is 6.41. The summed E-state index contributed by atoms with van der Waals surface area (Å²) in [6, 6.07) is 12.3. The van der Waals surface area contributed by atoms with Crippen molar-refractivity contribution in [3.05, 3.63) is 70.9 Å². The number of hydrogen-bond donors (Lipinski definition) is 6. The molecule has 3 aromatic rings. The summed E-state index contributed by atoms with van der Waals surface area (Å²) in [5, 5.41) is 20.4. The van der Waals surface area contributed by atoms with Gasteiger partial charge in [-0.3, -0.25) is 24.5 Å². The molecule has 8 N–H and O–H groups in total. The normalized spacial score (nSPS) is 19.2. The Morgan fingerprint density at radius 3 is 2.47 bits per heavy atom. The Kier molecular flexibility index (Phi) is 13.5. The smallest absolute Gasteiger partial charge is 0.237 e. The van der Waals surface area contributed by atoms with Gasteiger partial charge in [-0.15, -0.1) is 11.3 Å². The highest BCUT2D eigenvalue weighted by Crippen LogP contribution is 2.43. The number of rotatable bonds is 17. The van der Waals surface area contributed by atoms with Crippen LogP contribution in [0.5, 0.6) is 5.75 Å². The molecule has 51 heavy (non-hydrogen) atoms. The molecule has 0 aliphatic carbocycles. The number of benzene rings is 2. The lowest BCUT2D eigenvalue weighted by Gasteiger charge is -2.46. The highest BCUT2D eigenvalue weighted by atomic mass is 32.1. The van der Waals surface area contributed by atoms with Gasteiger partial charge in [0, 0.05) is 25.4 Å². The summed E-state index contributed by atoms with van der Waals surface area (Å²) in [6.45, 7) is 9.88. The highest BCUT2D eigenvalue weighted by Gasteiger charge is 2.56. The van der Waals surface area contributed by atoms with E-state index in [9.17, 15) is 24.3 Å². The molecule has 2 heterocycles. The van der Waals surface area contributed by atoms with Crippen molar-refractivity contribution in [2.24, 2.45) is 16.9 Å². The molecule has 1 aliphatic rings. The summed E-state index contributed by atoms with van der Waals surface area (Å²) in [4.78, 5) is 58.3. The SMILES string of the molecule is CCCCC(=O)NC(C(=O)C1NC(C(=O)NCc2ccc(-c3scnc3C)cc2)CC1O)(c1cccc(OC[C@@H](N)CCC(N)=O)c1)C(C)(C)C.